The SMILES string of the molecule is COCCOc1cc2c(NCc3cccc(C(F)(F)C4CN(C(C)=O)CCO4)c3F)nc(C)nc2cc1OC. The Morgan fingerprint density at radius 2 is 2.00 bits per heavy atom. The fourth-order valence-corrected chi connectivity index (χ4v) is 4.38. The molecule has 2 heterocycles. The number of alkyl halides is 2. The molecular formula is C27H31F3N4O5. The molecule has 0 bridgehead atoms. The zero-order valence-corrected chi connectivity index (χ0v) is 22.2. The summed E-state index contributed by atoms with van der Waals surface area (Å²) < 4.78 is 67.8. The van der Waals surface area contributed by atoms with Gasteiger partial charge in [0, 0.05) is 44.1 Å². The number of hydrogen-bond donors (Lipinski definition) is 1. The average Bonchev–Trinajstić information content (AvgIpc) is 2.92. The zero-order valence-electron chi connectivity index (χ0n) is 22.2. The monoisotopic (exact) mass is 548 g/mol. The predicted octanol–water partition coefficient (Wildman–Crippen LogP) is 4.06. The van der Waals surface area contributed by atoms with Crippen molar-refractivity contribution in [2.24, 2.45) is 0 Å². The first-order valence-electron chi connectivity index (χ1n) is 12.4. The van der Waals surface area contributed by atoms with Gasteiger partial charge in [0.05, 0.1) is 37.9 Å². The lowest BCUT2D eigenvalue weighted by molar-refractivity contribution is -0.178. The van der Waals surface area contributed by atoms with Gasteiger partial charge in [-0.3, -0.25) is 4.79 Å². The van der Waals surface area contributed by atoms with Crippen LogP contribution in [0, 0.1) is 12.7 Å². The van der Waals surface area contributed by atoms with Gasteiger partial charge in [0.15, 0.2) is 11.5 Å². The molecule has 0 saturated carbocycles. The number of carbonyl (C=O) groups is 1. The smallest absolute Gasteiger partial charge is 0.303 e. The summed E-state index contributed by atoms with van der Waals surface area (Å²) in [7, 11) is 3.08. The van der Waals surface area contributed by atoms with Gasteiger partial charge >= 0.3 is 5.92 Å². The molecule has 0 radical (unpaired) electrons. The number of morpholine rings is 1. The highest BCUT2D eigenvalue weighted by Crippen LogP contribution is 2.38. The predicted molar refractivity (Wildman–Crippen MR) is 138 cm³/mol. The molecule has 9 nitrogen and oxygen atoms in total. The molecule has 1 aliphatic heterocycles. The molecule has 1 fully saturated rings. The van der Waals surface area contributed by atoms with Crippen LogP contribution in [0.3, 0.4) is 0 Å². The van der Waals surface area contributed by atoms with Crippen molar-refractivity contribution in [3.8, 4) is 11.5 Å². The number of methoxy groups -OCH3 is 2. The van der Waals surface area contributed by atoms with Crippen LogP contribution < -0.4 is 14.8 Å². The highest BCUT2D eigenvalue weighted by molar-refractivity contribution is 5.91. The number of anilines is 1. The van der Waals surface area contributed by atoms with E-state index < -0.39 is 23.4 Å². The van der Waals surface area contributed by atoms with E-state index in [1.807, 2.05) is 0 Å². The summed E-state index contributed by atoms with van der Waals surface area (Å²) in [6, 6.07) is 7.23. The van der Waals surface area contributed by atoms with Gasteiger partial charge in [0.1, 0.15) is 30.2 Å². The van der Waals surface area contributed by atoms with Crippen LogP contribution >= 0.6 is 0 Å². The van der Waals surface area contributed by atoms with Crippen LogP contribution in [0.25, 0.3) is 10.9 Å². The third kappa shape index (κ3) is 6.17. The number of amides is 1. The number of aromatic nitrogens is 2. The largest absolute Gasteiger partial charge is 0.493 e. The third-order valence-electron chi connectivity index (χ3n) is 6.44. The maximum atomic E-state index is 15.5. The van der Waals surface area contributed by atoms with Crippen molar-refractivity contribution in [2.45, 2.75) is 32.4 Å². The number of carbonyl (C=O) groups excluding carboxylic acids is 1. The van der Waals surface area contributed by atoms with Crippen molar-refractivity contribution in [3.63, 3.8) is 0 Å². The molecule has 0 aliphatic carbocycles. The molecule has 1 amide bonds. The second kappa shape index (κ2) is 12.0. The van der Waals surface area contributed by atoms with Crippen molar-refractivity contribution in [3.05, 3.63) is 53.1 Å². The molecule has 2 aromatic carbocycles. The van der Waals surface area contributed by atoms with E-state index in [1.165, 1.54) is 31.1 Å². The molecule has 1 atom stereocenters. The number of halogens is 3. The van der Waals surface area contributed by atoms with Crippen LogP contribution in [0.2, 0.25) is 0 Å². The van der Waals surface area contributed by atoms with E-state index in [9.17, 15) is 4.79 Å². The summed E-state index contributed by atoms with van der Waals surface area (Å²) in [4.78, 5) is 21.9. The molecule has 1 aliphatic rings. The molecule has 4 rings (SSSR count). The van der Waals surface area contributed by atoms with Crippen molar-refractivity contribution < 1.29 is 36.9 Å². The Bertz CT molecular complexity index is 1340. The molecular weight excluding hydrogens is 517 g/mol. The standard InChI is InChI=1S/C27H31F3N4O5/c1-16-32-21-13-22(37-4)23(38-11-10-36-3)12-19(21)26(33-16)31-14-18-6-5-7-20(25(18)28)27(29,30)24-15-34(17(2)35)8-9-39-24/h5-7,12-13,24H,8-11,14-15H2,1-4H3,(H,31,32,33). The topological polar surface area (TPSA) is 95.0 Å². The molecule has 0 spiro atoms. The summed E-state index contributed by atoms with van der Waals surface area (Å²) in [5, 5.41) is 3.64. The van der Waals surface area contributed by atoms with Crippen LogP contribution in [0.1, 0.15) is 23.9 Å². The van der Waals surface area contributed by atoms with Gasteiger partial charge in [-0.15, -0.1) is 0 Å². The summed E-state index contributed by atoms with van der Waals surface area (Å²) in [5.74, 6) is -3.31. The van der Waals surface area contributed by atoms with Gasteiger partial charge in [0.25, 0.3) is 0 Å². The Hall–Kier alpha value is -3.64. The Kier molecular flexibility index (Phi) is 8.76. The van der Waals surface area contributed by atoms with Gasteiger partial charge in [-0.25, -0.2) is 14.4 Å². The van der Waals surface area contributed by atoms with Crippen molar-refractivity contribution in [2.75, 3.05) is 52.4 Å². The number of rotatable bonds is 10. The Labute approximate surface area is 224 Å². The van der Waals surface area contributed by atoms with Crippen LogP contribution in [-0.2, 0) is 26.7 Å². The molecule has 39 heavy (non-hydrogen) atoms. The molecule has 1 saturated heterocycles. The normalized spacial score (nSPS) is 15.9. The number of aryl methyl sites for hydroxylation is 1. The van der Waals surface area contributed by atoms with Gasteiger partial charge in [-0.05, 0) is 19.1 Å². The van der Waals surface area contributed by atoms with Crippen molar-refractivity contribution in [1.29, 1.82) is 0 Å². The molecule has 12 heteroatoms. The summed E-state index contributed by atoms with van der Waals surface area (Å²) in [6.07, 6.45) is -1.66. The van der Waals surface area contributed by atoms with Gasteiger partial charge in [0.2, 0.25) is 5.91 Å². The molecule has 1 N–H and O–H groups in total. The van der Waals surface area contributed by atoms with E-state index in [-0.39, 0.29) is 44.3 Å². The van der Waals surface area contributed by atoms with Crippen LogP contribution in [0.15, 0.2) is 30.3 Å². The number of benzene rings is 2. The fourth-order valence-electron chi connectivity index (χ4n) is 4.38. The maximum Gasteiger partial charge on any atom is 0.303 e. The van der Waals surface area contributed by atoms with Crippen molar-refractivity contribution in [1.82, 2.24) is 14.9 Å². The first-order chi connectivity index (χ1) is 18.6. The van der Waals surface area contributed by atoms with Crippen LogP contribution in [-0.4, -0.2) is 74.0 Å². The minimum Gasteiger partial charge on any atom is -0.493 e. The first-order valence-corrected chi connectivity index (χ1v) is 12.4. The van der Waals surface area contributed by atoms with E-state index >= 15 is 13.2 Å². The maximum absolute atomic E-state index is 15.5. The lowest BCUT2D eigenvalue weighted by Gasteiger charge is -2.36. The Morgan fingerprint density at radius 1 is 1.21 bits per heavy atom. The lowest BCUT2D eigenvalue weighted by atomic mass is 9.98. The quantitative estimate of drug-likeness (QED) is 0.379. The van der Waals surface area contributed by atoms with E-state index in [2.05, 4.69) is 15.3 Å². The molecule has 210 valence electrons. The number of nitrogens with zero attached hydrogens (tertiary/aromatic N) is 3. The lowest BCUT2D eigenvalue weighted by Crippen LogP contribution is -2.51. The number of ether oxygens (including phenoxy) is 4. The Balaban J connectivity index is 1.61. The minimum absolute atomic E-state index is 0.0147. The number of hydrogen-bond acceptors (Lipinski definition) is 8. The van der Waals surface area contributed by atoms with E-state index in [4.69, 9.17) is 18.9 Å². The van der Waals surface area contributed by atoms with Crippen LogP contribution in [0.4, 0.5) is 19.0 Å². The van der Waals surface area contributed by atoms with Crippen LogP contribution in [0.5, 0.6) is 11.5 Å². The number of fused-ring (bicyclic) bond motifs is 1. The summed E-state index contributed by atoms with van der Waals surface area (Å²) in [6.45, 7) is 3.38. The number of nitrogens with one attached hydrogen (secondary N) is 1. The third-order valence-corrected chi connectivity index (χ3v) is 6.44. The fraction of sp³-hybridized carbons (Fsp3) is 0.444. The minimum atomic E-state index is -3.66. The highest BCUT2D eigenvalue weighted by Gasteiger charge is 2.47. The zero-order chi connectivity index (χ0) is 28.2. The van der Waals surface area contributed by atoms with E-state index in [1.54, 1.807) is 26.2 Å². The first kappa shape index (κ1) is 28.4. The molecule has 1 aromatic heterocycles. The second-order valence-electron chi connectivity index (χ2n) is 9.06. The second-order valence-corrected chi connectivity index (χ2v) is 9.06. The van der Waals surface area contributed by atoms with Gasteiger partial charge < -0.3 is 29.2 Å². The van der Waals surface area contributed by atoms with E-state index in [0.717, 1.165) is 6.07 Å². The highest BCUT2D eigenvalue weighted by atomic mass is 19.3. The van der Waals surface area contributed by atoms with Gasteiger partial charge in [-0.2, -0.15) is 8.78 Å². The Morgan fingerprint density at radius 3 is 2.72 bits per heavy atom. The van der Waals surface area contributed by atoms with Crippen molar-refractivity contribution >= 4 is 22.6 Å². The van der Waals surface area contributed by atoms with E-state index in [0.29, 0.717) is 40.7 Å². The summed E-state index contributed by atoms with van der Waals surface area (Å²) >= 11 is 0. The average molecular weight is 549 g/mol. The summed E-state index contributed by atoms with van der Waals surface area (Å²) in [5.41, 5.74) is -0.216. The molecule has 3 aromatic rings. The molecule has 1 unspecified atom stereocenters. The van der Waals surface area contributed by atoms with Gasteiger partial charge in [-0.1, -0.05) is 12.1 Å².